The number of nitrogens with zero attached hydrogens (tertiary/aromatic N) is 3. The molecule has 0 saturated heterocycles. The second-order valence-electron chi connectivity index (χ2n) is 4.79. The number of aromatic amines is 1. The molecule has 2 aromatic carbocycles. The Morgan fingerprint density at radius 2 is 2.08 bits per heavy atom. The summed E-state index contributed by atoms with van der Waals surface area (Å²) in [6, 6.07) is 12.8. The van der Waals surface area contributed by atoms with E-state index in [1.54, 1.807) is 18.2 Å². The second-order valence-corrected chi connectivity index (χ2v) is 6.03. The summed E-state index contributed by atoms with van der Waals surface area (Å²) in [7, 11) is 1.49. The van der Waals surface area contributed by atoms with Crippen molar-refractivity contribution in [2.75, 3.05) is 7.11 Å². The summed E-state index contributed by atoms with van der Waals surface area (Å²) in [4.78, 5) is 0. The zero-order chi connectivity index (χ0) is 17.1. The first kappa shape index (κ1) is 16.4. The lowest BCUT2D eigenvalue weighted by molar-refractivity contribution is 0.373. The zero-order valence-electron chi connectivity index (χ0n) is 12.6. The average molecular weight is 405 g/mol. The molecule has 3 rings (SSSR count). The number of nitrogens with one attached hydrogen (secondary N) is 1. The van der Waals surface area contributed by atoms with Gasteiger partial charge in [-0.2, -0.15) is 14.9 Å². The van der Waals surface area contributed by atoms with Gasteiger partial charge in [-0.25, -0.2) is 5.10 Å². The smallest absolute Gasteiger partial charge is 0.216 e. The molecule has 0 saturated carbocycles. The highest BCUT2D eigenvalue weighted by Gasteiger charge is 2.11. The maximum absolute atomic E-state index is 10.1. The Hall–Kier alpha value is -2.45. The van der Waals surface area contributed by atoms with Crippen molar-refractivity contribution in [2.45, 2.75) is 0 Å². The molecule has 3 aromatic rings. The van der Waals surface area contributed by atoms with Crippen LogP contribution in [-0.2, 0) is 0 Å². The van der Waals surface area contributed by atoms with Crippen LogP contribution in [-0.4, -0.2) is 33.3 Å². The molecule has 0 fully saturated rings. The molecular weight excluding hydrogens is 392 g/mol. The molecule has 0 spiro atoms. The van der Waals surface area contributed by atoms with Gasteiger partial charge in [0.15, 0.2) is 17.3 Å². The molecule has 0 aliphatic rings. The molecule has 1 aromatic heterocycles. The molecule has 8 heteroatoms. The van der Waals surface area contributed by atoms with E-state index in [4.69, 9.17) is 17.0 Å². The Labute approximate surface area is 151 Å². The molecule has 0 aliphatic heterocycles. The standard InChI is InChI=1S/C16H13BrN4O2S/c1-23-13-8-4-5-10(14(13)22)9-18-21-15(19-20-16(21)24)11-6-2-3-7-12(11)17/h2-9,22H,1H3,(H,20,24)/b18-9-. The number of H-pyrrole nitrogens is 1. The summed E-state index contributed by atoms with van der Waals surface area (Å²) in [5.74, 6) is 0.952. The highest BCUT2D eigenvalue weighted by molar-refractivity contribution is 9.10. The van der Waals surface area contributed by atoms with Gasteiger partial charge in [0.2, 0.25) is 4.77 Å². The van der Waals surface area contributed by atoms with Crippen LogP contribution in [0.15, 0.2) is 52.0 Å². The average Bonchev–Trinajstić information content (AvgIpc) is 2.95. The predicted octanol–water partition coefficient (Wildman–Crippen LogP) is 3.97. The fraction of sp³-hybridized carbons (Fsp3) is 0.0625. The summed E-state index contributed by atoms with van der Waals surface area (Å²) in [5, 5.41) is 21.4. The highest BCUT2D eigenvalue weighted by atomic mass is 79.9. The van der Waals surface area contributed by atoms with Crippen LogP contribution < -0.4 is 4.74 Å². The summed E-state index contributed by atoms with van der Waals surface area (Å²) in [5.41, 5.74) is 1.35. The first-order valence-corrected chi connectivity index (χ1v) is 8.14. The number of benzene rings is 2. The Bertz CT molecular complexity index is 965. The van der Waals surface area contributed by atoms with E-state index in [0.717, 1.165) is 10.0 Å². The van der Waals surface area contributed by atoms with Crippen LogP contribution in [0.5, 0.6) is 11.5 Å². The third kappa shape index (κ3) is 3.10. The number of ether oxygens (including phenoxy) is 1. The Balaban J connectivity index is 2.05. The summed E-state index contributed by atoms with van der Waals surface area (Å²) < 4.78 is 7.81. The number of hydrogen-bond acceptors (Lipinski definition) is 5. The fourth-order valence-corrected chi connectivity index (χ4v) is 2.79. The minimum Gasteiger partial charge on any atom is -0.504 e. The van der Waals surface area contributed by atoms with E-state index < -0.39 is 0 Å². The van der Waals surface area contributed by atoms with Crippen LogP contribution in [0.2, 0.25) is 0 Å². The van der Waals surface area contributed by atoms with Gasteiger partial charge in [-0.1, -0.05) is 34.1 Å². The van der Waals surface area contributed by atoms with Gasteiger partial charge >= 0.3 is 0 Å². The quantitative estimate of drug-likeness (QED) is 0.509. The normalized spacial score (nSPS) is 11.1. The number of aromatic nitrogens is 3. The number of para-hydroxylation sites is 1. The van der Waals surface area contributed by atoms with Crippen molar-refractivity contribution in [3.05, 3.63) is 57.3 Å². The summed E-state index contributed by atoms with van der Waals surface area (Å²) >= 11 is 8.73. The van der Waals surface area contributed by atoms with Crippen LogP contribution in [0.25, 0.3) is 11.4 Å². The fourth-order valence-electron chi connectivity index (χ4n) is 2.14. The van der Waals surface area contributed by atoms with Crippen LogP contribution >= 0.6 is 28.1 Å². The van der Waals surface area contributed by atoms with Crippen molar-refractivity contribution in [2.24, 2.45) is 5.10 Å². The van der Waals surface area contributed by atoms with E-state index in [1.165, 1.54) is 18.0 Å². The zero-order valence-corrected chi connectivity index (χ0v) is 15.0. The Morgan fingerprint density at radius 1 is 1.29 bits per heavy atom. The maximum atomic E-state index is 10.1. The molecule has 24 heavy (non-hydrogen) atoms. The number of rotatable bonds is 4. The van der Waals surface area contributed by atoms with Gasteiger partial charge in [0.25, 0.3) is 0 Å². The Morgan fingerprint density at radius 3 is 2.83 bits per heavy atom. The van der Waals surface area contributed by atoms with Crippen molar-refractivity contribution in [3.63, 3.8) is 0 Å². The monoisotopic (exact) mass is 404 g/mol. The van der Waals surface area contributed by atoms with Crippen LogP contribution in [0.1, 0.15) is 5.56 Å². The van der Waals surface area contributed by atoms with Crippen molar-refractivity contribution in [3.8, 4) is 22.9 Å². The minimum absolute atomic E-state index is 0.0150. The van der Waals surface area contributed by atoms with E-state index in [1.807, 2.05) is 24.3 Å². The van der Waals surface area contributed by atoms with E-state index >= 15 is 0 Å². The number of methoxy groups -OCH3 is 1. The first-order valence-electron chi connectivity index (χ1n) is 6.94. The van der Waals surface area contributed by atoms with Gasteiger partial charge in [0.1, 0.15) is 0 Å². The molecule has 0 unspecified atom stereocenters. The van der Waals surface area contributed by atoms with Gasteiger partial charge < -0.3 is 9.84 Å². The molecule has 122 valence electrons. The van der Waals surface area contributed by atoms with E-state index in [2.05, 4.69) is 31.2 Å². The number of hydrogen-bond donors (Lipinski definition) is 2. The largest absolute Gasteiger partial charge is 0.504 e. The van der Waals surface area contributed by atoms with E-state index in [-0.39, 0.29) is 5.75 Å². The molecule has 2 N–H and O–H groups in total. The van der Waals surface area contributed by atoms with Crippen LogP contribution in [0, 0.1) is 4.77 Å². The van der Waals surface area contributed by atoms with Crippen molar-refractivity contribution in [1.29, 1.82) is 0 Å². The van der Waals surface area contributed by atoms with E-state index in [9.17, 15) is 5.11 Å². The number of phenolic OH excluding ortho intramolecular Hbond substituents is 1. The van der Waals surface area contributed by atoms with Gasteiger partial charge in [-0.15, -0.1) is 0 Å². The Kier molecular flexibility index (Phi) is 4.77. The third-order valence-electron chi connectivity index (χ3n) is 3.33. The SMILES string of the molecule is COc1cccc(/C=N\n2c(-c3ccccc3Br)n[nH]c2=S)c1O. The van der Waals surface area contributed by atoms with Crippen LogP contribution in [0.3, 0.4) is 0 Å². The van der Waals surface area contributed by atoms with Gasteiger partial charge in [-0.3, -0.25) is 0 Å². The molecule has 0 amide bonds. The van der Waals surface area contributed by atoms with Gasteiger partial charge in [-0.05, 0) is 36.5 Å². The highest BCUT2D eigenvalue weighted by Crippen LogP contribution is 2.29. The molecular formula is C16H13BrN4O2S. The number of halogens is 1. The molecule has 0 aliphatic carbocycles. The van der Waals surface area contributed by atoms with Crippen molar-refractivity contribution >= 4 is 34.4 Å². The lowest BCUT2D eigenvalue weighted by atomic mass is 10.2. The summed E-state index contributed by atoms with van der Waals surface area (Å²) in [6.45, 7) is 0. The molecule has 0 bridgehead atoms. The third-order valence-corrected chi connectivity index (χ3v) is 4.28. The molecule has 6 nitrogen and oxygen atoms in total. The topological polar surface area (TPSA) is 75.4 Å². The lowest BCUT2D eigenvalue weighted by Gasteiger charge is -2.06. The van der Waals surface area contributed by atoms with Crippen LogP contribution in [0.4, 0.5) is 0 Å². The maximum Gasteiger partial charge on any atom is 0.216 e. The molecule has 0 radical (unpaired) electrons. The lowest BCUT2D eigenvalue weighted by Crippen LogP contribution is -1.96. The van der Waals surface area contributed by atoms with Crippen molar-refractivity contribution in [1.82, 2.24) is 14.9 Å². The minimum atomic E-state index is 0.0150. The molecule has 1 heterocycles. The predicted molar refractivity (Wildman–Crippen MR) is 98.2 cm³/mol. The summed E-state index contributed by atoms with van der Waals surface area (Å²) in [6.07, 6.45) is 1.50. The number of phenols is 1. The second kappa shape index (κ2) is 6.98. The first-order chi connectivity index (χ1) is 11.6. The number of aromatic hydroxyl groups is 1. The van der Waals surface area contributed by atoms with Crippen molar-refractivity contribution < 1.29 is 9.84 Å². The van der Waals surface area contributed by atoms with Gasteiger partial charge in [0.05, 0.1) is 13.3 Å². The van der Waals surface area contributed by atoms with E-state index in [0.29, 0.717) is 21.9 Å². The molecule has 0 atom stereocenters. The van der Waals surface area contributed by atoms with Gasteiger partial charge in [0, 0.05) is 15.6 Å².